The molecule has 1 aliphatic heterocycles. The van der Waals surface area contributed by atoms with E-state index in [0.29, 0.717) is 4.90 Å². The number of nitrogens with zero attached hydrogens (tertiary/aromatic N) is 1. The molecule has 0 radical (unpaired) electrons. The molecule has 0 aliphatic carbocycles. The second kappa shape index (κ2) is 12.7. The average molecular weight is 574 g/mol. The molecule has 0 aromatic heterocycles. The monoisotopic (exact) mass is 573 g/mol. The maximum absolute atomic E-state index is 13.1. The number of nitrogens with one attached hydrogen (secondary N) is 3. The number of hydrogen-bond donors (Lipinski definition) is 4. The summed E-state index contributed by atoms with van der Waals surface area (Å²) in [5.74, 6) is -3.48. The summed E-state index contributed by atoms with van der Waals surface area (Å²) in [5, 5.41) is 4.79. The molecule has 0 unspecified atom stereocenters. The summed E-state index contributed by atoms with van der Waals surface area (Å²) in [6, 6.07) is 9.61. The third-order valence-corrected chi connectivity index (χ3v) is 7.70. The van der Waals surface area contributed by atoms with Crippen LogP contribution in [0.4, 0.5) is 4.79 Å². The molecule has 0 bridgehead atoms. The number of carbonyl (C=O) groups is 5. The second-order valence-electron chi connectivity index (χ2n) is 9.34. The summed E-state index contributed by atoms with van der Waals surface area (Å²) < 4.78 is 32.3. The van der Waals surface area contributed by atoms with Crippen LogP contribution in [-0.2, 0) is 40.4 Å². The van der Waals surface area contributed by atoms with E-state index in [-0.39, 0.29) is 11.3 Å². The maximum Gasteiger partial charge on any atom is 0.417 e. The second-order valence-corrected chi connectivity index (χ2v) is 11.1. The van der Waals surface area contributed by atoms with Gasteiger partial charge in [-0.2, -0.15) is 4.72 Å². The minimum atomic E-state index is -4.03. The lowest BCUT2D eigenvalue weighted by molar-refractivity contribution is -0.139. The summed E-state index contributed by atoms with van der Waals surface area (Å²) in [6.07, 6.45) is -1.03. The number of carbonyl (C=O) groups excluding carboxylic acids is 5. The van der Waals surface area contributed by atoms with Crippen LogP contribution in [0.5, 0.6) is 0 Å². The first-order valence-electron chi connectivity index (χ1n) is 12.3. The van der Waals surface area contributed by atoms with Gasteiger partial charge in [0.05, 0.1) is 10.9 Å². The normalized spacial score (nSPS) is 17.3. The van der Waals surface area contributed by atoms with Gasteiger partial charge in [0.2, 0.25) is 27.7 Å². The van der Waals surface area contributed by atoms with Gasteiger partial charge < -0.3 is 21.1 Å². The number of rotatable bonds is 11. The largest absolute Gasteiger partial charge is 0.446 e. The Bertz CT molecular complexity index is 1380. The summed E-state index contributed by atoms with van der Waals surface area (Å²) in [7, 11) is -4.03. The number of ether oxygens (including phenoxy) is 1. The van der Waals surface area contributed by atoms with Gasteiger partial charge in [-0.05, 0) is 38.5 Å². The third kappa shape index (κ3) is 7.42. The first-order valence-corrected chi connectivity index (χ1v) is 13.8. The molecular weight excluding hydrogens is 542 g/mol. The number of primary amides is 1. The van der Waals surface area contributed by atoms with Crippen molar-refractivity contribution in [2.45, 2.75) is 56.3 Å². The lowest BCUT2D eigenvalue weighted by atomic mass is 10.0. The van der Waals surface area contributed by atoms with Crippen LogP contribution in [-0.4, -0.2) is 73.8 Å². The molecule has 1 heterocycles. The smallest absolute Gasteiger partial charge is 0.417 e. The molecule has 214 valence electrons. The number of cyclic esters (lactones) is 1. The van der Waals surface area contributed by atoms with Crippen molar-refractivity contribution >= 4 is 39.7 Å². The predicted molar refractivity (Wildman–Crippen MR) is 142 cm³/mol. The fraction of sp³-hybridized carbons (Fsp3) is 0.346. The minimum Gasteiger partial charge on any atom is -0.446 e. The molecule has 3 rings (SSSR count). The molecule has 2 aromatic rings. The van der Waals surface area contributed by atoms with Gasteiger partial charge in [0.25, 0.3) is 5.91 Å². The number of aryl methyl sites for hydroxylation is 1. The van der Waals surface area contributed by atoms with Gasteiger partial charge >= 0.3 is 6.09 Å². The van der Waals surface area contributed by atoms with Crippen LogP contribution in [0, 0.1) is 6.92 Å². The van der Waals surface area contributed by atoms with Crippen molar-refractivity contribution in [3.63, 3.8) is 0 Å². The summed E-state index contributed by atoms with van der Waals surface area (Å²) in [4.78, 5) is 63.5. The lowest BCUT2D eigenvalue weighted by Crippen LogP contribution is -2.58. The van der Waals surface area contributed by atoms with Crippen LogP contribution in [0.2, 0.25) is 0 Å². The van der Waals surface area contributed by atoms with Crippen molar-refractivity contribution in [1.29, 1.82) is 0 Å². The lowest BCUT2D eigenvalue weighted by Gasteiger charge is -2.25. The van der Waals surface area contributed by atoms with E-state index in [1.54, 1.807) is 49.4 Å². The van der Waals surface area contributed by atoms with Crippen LogP contribution in [0.3, 0.4) is 0 Å². The van der Waals surface area contributed by atoms with E-state index in [1.807, 2.05) is 0 Å². The standard InChI is InChI=1S/C26H31N5O8S/c1-15-9-11-19(12-10-15)40(37,38)30-16(2)23(33)28-17(3)25(35)31-21(14-39-26(31)36)24(34)29-20(22(27)32)13-18-7-5-4-6-8-18/h4-12,16-17,20-21,30H,13-14H2,1-3H3,(H2,27,32)(H,28,33)(H,29,34)/t16-,17-,20-,21-/m0/s1. The van der Waals surface area contributed by atoms with Gasteiger partial charge in [-0.1, -0.05) is 48.0 Å². The Balaban J connectivity index is 1.64. The number of hydrogen-bond acceptors (Lipinski definition) is 8. The highest BCUT2D eigenvalue weighted by molar-refractivity contribution is 7.89. The Morgan fingerprint density at radius 3 is 2.23 bits per heavy atom. The Labute approximate surface area is 231 Å². The van der Waals surface area contributed by atoms with Crippen LogP contribution in [0.1, 0.15) is 25.0 Å². The molecule has 5 N–H and O–H groups in total. The topological polar surface area (TPSA) is 194 Å². The van der Waals surface area contributed by atoms with Gasteiger partial charge in [0.1, 0.15) is 18.7 Å². The van der Waals surface area contributed by atoms with Gasteiger partial charge in [-0.25, -0.2) is 18.1 Å². The molecular formula is C26H31N5O8S. The Morgan fingerprint density at radius 2 is 1.62 bits per heavy atom. The number of nitrogens with two attached hydrogens (primary N) is 1. The van der Waals surface area contributed by atoms with E-state index in [0.717, 1.165) is 11.1 Å². The van der Waals surface area contributed by atoms with Gasteiger partial charge in [0, 0.05) is 6.42 Å². The summed E-state index contributed by atoms with van der Waals surface area (Å²) >= 11 is 0. The predicted octanol–water partition coefficient (Wildman–Crippen LogP) is -0.273. The molecule has 1 fully saturated rings. The highest BCUT2D eigenvalue weighted by Gasteiger charge is 2.45. The van der Waals surface area contributed by atoms with Crippen molar-refractivity contribution in [3.05, 3.63) is 65.7 Å². The van der Waals surface area contributed by atoms with Crippen molar-refractivity contribution in [1.82, 2.24) is 20.3 Å². The summed E-state index contributed by atoms with van der Waals surface area (Å²) in [5.41, 5.74) is 7.02. The van der Waals surface area contributed by atoms with Crippen molar-refractivity contribution in [3.8, 4) is 0 Å². The summed E-state index contributed by atoms with van der Waals surface area (Å²) in [6.45, 7) is 3.88. The number of benzene rings is 2. The average Bonchev–Trinajstić information content (AvgIpc) is 3.29. The van der Waals surface area contributed by atoms with Crippen LogP contribution < -0.4 is 21.1 Å². The highest BCUT2D eigenvalue weighted by Crippen LogP contribution is 2.16. The Morgan fingerprint density at radius 1 is 1.00 bits per heavy atom. The van der Waals surface area contributed by atoms with E-state index < -0.39 is 70.5 Å². The molecule has 40 heavy (non-hydrogen) atoms. The number of imide groups is 1. The van der Waals surface area contributed by atoms with E-state index in [4.69, 9.17) is 10.5 Å². The molecule has 0 saturated carbocycles. The highest BCUT2D eigenvalue weighted by atomic mass is 32.2. The van der Waals surface area contributed by atoms with Crippen molar-refractivity contribution in [2.24, 2.45) is 5.73 Å². The van der Waals surface area contributed by atoms with Gasteiger partial charge in [-0.3, -0.25) is 19.2 Å². The minimum absolute atomic E-state index is 0.0444. The third-order valence-electron chi connectivity index (χ3n) is 6.14. The van der Waals surface area contributed by atoms with Crippen LogP contribution >= 0.6 is 0 Å². The Kier molecular flexibility index (Phi) is 9.60. The molecule has 4 atom stereocenters. The number of amides is 5. The molecule has 0 spiro atoms. The first-order chi connectivity index (χ1) is 18.8. The van der Waals surface area contributed by atoms with E-state index >= 15 is 0 Å². The van der Waals surface area contributed by atoms with Gasteiger partial charge in [-0.15, -0.1) is 0 Å². The van der Waals surface area contributed by atoms with Gasteiger partial charge in [0.15, 0.2) is 6.04 Å². The first kappa shape index (κ1) is 30.2. The van der Waals surface area contributed by atoms with Crippen molar-refractivity contribution < 1.29 is 37.1 Å². The van der Waals surface area contributed by atoms with E-state index in [2.05, 4.69) is 15.4 Å². The SMILES string of the molecule is Cc1ccc(S(=O)(=O)N[C@@H](C)C(=O)N[C@@H](C)C(=O)N2C(=O)OC[C@H]2C(=O)N[C@@H](Cc2ccccc2)C(N)=O)cc1. The molecule has 14 heteroatoms. The Hall–Kier alpha value is -4.30. The molecule has 13 nitrogen and oxygen atoms in total. The maximum atomic E-state index is 13.1. The zero-order chi connectivity index (χ0) is 29.6. The molecule has 1 aliphatic rings. The number of sulfonamides is 1. The molecule has 5 amide bonds. The van der Waals surface area contributed by atoms with Crippen molar-refractivity contribution in [2.75, 3.05) is 6.61 Å². The van der Waals surface area contributed by atoms with Crippen LogP contribution in [0.15, 0.2) is 59.5 Å². The molecule has 2 aromatic carbocycles. The molecule has 1 saturated heterocycles. The fourth-order valence-corrected chi connectivity index (χ4v) is 5.08. The quantitative estimate of drug-likeness (QED) is 0.282. The zero-order valence-electron chi connectivity index (χ0n) is 22.1. The van der Waals surface area contributed by atoms with Crippen LogP contribution in [0.25, 0.3) is 0 Å². The van der Waals surface area contributed by atoms with E-state index in [9.17, 15) is 32.4 Å². The zero-order valence-corrected chi connectivity index (χ0v) is 22.9. The van der Waals surface area contributed by atoms with E-state index in [1.165, 1.54) is 26.0 Å². The fourth-order valence-electron chi connectivity index (χ4n) is 3.88.